The van der Waals surface area contributed by atoms with Crippen LogP contribution in [0, 0.1) is 0 Å². The van der Waals surface area contributed by atoms with Gasteiger partial charge in [-0.2, -0.15) is 0 Å². The average Bonchev–Trinajstić information content (AvgIpc) is 3.22. The van der Waals surface area contributed by atoms with Gasteiger partial charge < -0.3 is 19.4 Å². The number of nitrogens with zero attached hydrogens (tertiary/aromatic N) is 3. The number of ether oxygens (including phenoxy) is 1. The molecule has 0 spiro atoms. The summed E-state index contributed by atoms with van der Waals surface area (Å²) in [5.74, 6) is 0.0721. The van der Waals surface area contributed by atoms with Gasteiger partial charge in [-0.15, -0.1) is 0 Å². The summed E-state index contributed by atoms with van der Waals surface area (Å²) in [5.41, 5.74) is 2.19. The van der Waals surface area contributed by atoms with Crippen LogP contribution in [-0.2, 0) is 20.9 Å². The molecule has 3 heterocycles. The minimum absolute atomic E-state index is 0.0104. The lowest BCUT2D eigenvalue weighted by atomic mass is 9.81. The number of morpholine rings is 1. The average molecular weight is 462 g/mol. The molecule has 0 bridgehead atoms. The Morgan fingerprint density at radius 1 is 0.971 bits per heavy atom. The molecule has 2 aromatic carbocycles. The van der Waals surface area contributed by atoms with Crippen molar-refractivity contribution < 1.29 is 19.1 Å². The van der Waals surface area contributed by atoms with E-state index in [-0.39, 0.29) is 30.2 Å². The summed E-state index contributed by atoms with van der Waals surface area (Å²) in [4.78, 5) is 44.6. The van der Waals surface area contributed by atoms with Crippen LogP contribution in [-0.4, -0.2) is 70.7 Å². The number of hydrogen-bond donors (Lipinski definition) is 0. The second-order valence-electron chi connectivity index (χ2n) is 9.57. The van der Waals surface area contributed by atoms with Crippen LogP contribution in [0.2, 0.25) is 0 Å². The van der Waals surface area contributed by atoms with Crippen molar-refractivity contribution in [1.82, 2.24) is 14.7 Å². The molecular formula is C27H31N3O4. The number of hydrogen-bond acceptors (Lipinski definition) is 4. The number of carbonyl (C=O) groups is 3. The molecule has 0 N–H and O–H groups in total. The molecule has 3 amide bonds. The first-order valence-electron chi connectivity index (χ1n) is 12.1. The van der Waals surface area contributed by atoms with Crippen molar-refractivity contribution >= 4 is 17.7 Å². The van der Waals surface area contributed by atoms with Crippen molar-refractivity contribution in [1.29, 1.82) is 0 Å². The summed E-state index contributed by atoms with van der Waals surface area (Å²) < 4.78 is 5.96. The second-order valence-corrected chi connectivity index (χ2v) is 9.57. The van der Waals surface area contributed by atoms with Gasteiger partial charge in [0.25, 0.3) is 5.91 Å². The number of amides is 3. The zero-order chi connectivity index (χ0) is 23.7. The Kier molecular flexibility index (Phi) is 6.13. The first kappa shape index (κ1) is 22.6. The molecule has 0 aliphatic carbocycles. The Balaban J connectivity index is 1.36. The van der Waals surface area contributed by atoms with Crippen molar-refractivity contribution in [2.75, 3.05) is 32.8 Å². The summed E-state index contributed by atoms with van der Waals surface area (Å²) in [6, 6.07) is 17.7. The Labute approximate surface area is 200 Å². The van der Waals surface area contributed by atoms with E-state index in [1.165, 1.54) is 0 Å². The molecule has 3 aliphatic rings. The number of likely N-dealkylation sites (tertiary alicyclic amines) is 1. The van der Waals surface area contributed by atoms with Crippen LogP contribution in [0.15, 0.2) is 54.6 Å². The van der Waals surface area contributed by atoms with Crippen LogP contribution in [0.5, 0.6) is 0 Å². The second kappa shape index (κ2) is 9.22. The van der Waals surface area contributed by atoms with E-state index in [0.29, 0.717) is 52.2 Å². The van der Waals surface area contributed by atoms with Crippen LogP contribution in [0.4, 0.5) is 0 Å². The molecule has 2 fully saturated rings. The highest BCUT2D eigenvalue weighted by Crippen LogP contribution is 2.39. The van der Waals surface area contributed by atoms with Gasteiger partial charge in [0.1, 0.15) is 6.10 Å². The van der Waals surface area contributed by atoms with E-state index in [1.54, 1.807) is 6.92 Å². The molecule has 2 aromatic rings. The lowest BCUT2D eigenvalue weighted by Crippen LogP contribution is -2.58. The van der Waals surface area contributed by atoms with Gasteiger partial charge >= 0.3 is 0 Å². The molecule has 1 unspecified atom stereocenters. The summed E-state index contributed by atoms with van der Waals surface area (Å²) in [7, 11) is 0. The van der Waals surface area contributed by atoms with E-state index in [0.717, 1.165) is 16.7 Å². The van der Waals surface area contributed by atoms with Crippen LogP contribution in [0.1, 0.15) is 53.8 Å². The number of piperidine rings is 1. The monoisotopic (exact) mass is 461 g/mol. The first-order chi connectivity index (χ1) is 16.5. The normalized spacial score (nSPS) is 22.0. The maximum absolute atomic E-state index is 13.7. The number of carbonyl (C=O) groups excluding carboxylic acids is 3. The third kappa shape index (κ3) is 4.20. The highest BCUT2D eigenvalue weighted by atomic mass is 16.5. The van der Waals surface area contributed by atoms with Gasteiger partial charge in [-0.3, -0.25) is 14.4 Å². The minimum Gasteiger partial charge on any atom is -0.370 e. The zero-order valence-corrected chi connectivity index (χ0v) is 19.6. The molecule has 2 saturated heterocycles. The van der Waals surface area contributed by atoms with Crippen LogP contribution in [0.3, 0.4) is 0 Å². The molecule has 34 heavy (non-hydrogen) atoms. The number of benzene rings is 2. The summed E-state index contributed by atoms with van der Waals surface area (Å²) in [6.45, 7) is 4.74. The number of fused-ring (bicyclic) bond motifs is 1. The molecular weight excluding hydrogens is 430 g/mol. The zero-order valence-electron chi connectivity index (χ0n) is 19.6. The highest BCUT2D eigenvalue weighted by molar-refractivity contribution is 5.99. The van der Waals surface area contributed by atoms with Crippen molar-refractivity contribution in [3.63, 3.8) is 0 Å². The largest absolute Gasteiger partial charge is 0.370 e. The molecule has 0 saturated carbocycles. The highest BCUT2D eigenvalue weighted by Gasteiger charge is 2.48. The maximum Gasteiger partial charge on any atom is 0.254 e. The van der Waals surface area contributed by atoms with E-state index >= 15 is 0 Å². The fourth-order valence-electron chi connectivity index (χ4n) is 5.56. The Bertz CT molecular complexity index is 1080. The molecule has 7 nitrogen and oxygen atoms in total. The lowest BCUT2D eigenvalue weighted by Gasteiger charge is -2.48. The topological polar surface area (TPSA) is 70.2 Å². The van der Waals surface area contributed by atoms with Crippen LogP contribution < -0.4 is 0 Å². The van der Waals surface area contributed by atoms with Crippen molar-refractivity contribution in [3.05, 3.63) is 71.3 Å². The van der Waals surface area contributed by atoms with E-state index in [4.69, 9.17) is 4.74 Å². The van der Waals surface area contributed by atoms with Gasteiger partial charge in [0.2, 0.25) is 11.8 Å². The smallest absolute Gasteiger partial charge is 0.254 e. The summed E-state index contributed by atoms with van der Waals surface area (Å²) in [6.07, 6.45) is 1.32. The van der Waals surface area contributed by atoms with E-state index in [2.05, 4.69) is 0 Å². The van der Waals surface area contributed by atoms with Gasteiger partial charge in [0.15, 0.2) is 0 Å². The van der Waals surface area contributed by atoms with E-state index in [9.17, 15) is 14.4 Å². The van der Waals surface area contributed by atoms with E-state index in [1.807, 2.05) is 69.3 Å². The van der Waals surface area contributed by atoms with Gasteiger partial charge in [0, 0.05) is 38.7 Å². The minimum atomic E-state index is -0.598. The third-order valence-electron chi connectivity index (χ3n) is 7.60. The van der Waals surface area contributed by atoms with Gasteiger partial charge in [0.05, 0.1) is 25.1 Å². The standard InChI is InChI=1S/C27H31N3O4/c1-20(31)28-13-11-27(12-14-28,30-18-22-9-5-6-10-23(22)26(30)33)17-25(32)29-15-16-34-24(19-29)21-7-3-2-4-8-21/h2-10,24H,11-19H2,1H3. The fourth-order valence-corrected chi connectivity index (χ4v) is 5.56. The maximum atomic E-state index is 13.7. The summed E-state index contributed by atoms with van der Waals surface area (Å²) >= 11 is 0. The van der Waals surface area contributed by atoms with Crippen molar-refractivity contribution in [2.45, 2.75) is 44.4 Å². The Morgan fingerprint density at radius 3 is 2.38 bits per heavy atom. The predicted molar refractivity (Wildman–Crippen MR) is 127 cm³/mol. The fraction of sp³-hybridized carbons (Fsp3) is 0.444. The van der Waals surface area contributed by atoms with Gasteiger partial charge in [-0.1, -0.05) is 48.5 Å². The number of rotatable bonds is 4. The van der Waals surface area contributed by atoms with Gasteiger partial charge in [-0.25, -0.2) is 0 Å². The Hall–Kier alpha value is -3.19. The Morgan fingerprint density at radius 2 is 1.68 bits per heavy atom. The molecule has 5 rings (SSSR count). The van der Waals surface area contributed by atoms with E-state index < -0.39 is 5.54 Å². The van der Waals surface area contributed by atoms with Crippen LogP contribution >= 0.6 is 0 Å². The van der Waals surface area contributed by atoms with Crippen molar-refractivity contribution in [3.8, 4) is 0 Å². The first-order valence-corrected chi connectivity index (χ1v) is 12.1. The predicted octanol–water partition coefficient (Wildman–Crippen LogP) is 3.01. The molecule has 7 heteroatoms. The third-order valence-corrected chi connectivity index (χ3v) is 7.60. The molecule has 178 valence electrons. The molecule has 0 radical (unpaired) electrons. The molecule has 1 atom stereocenters. The van der Waals surface area contributed by atoms with Crippen molar-refractivity contribution in [2.24, 2.45) is 0 Å². The van der Waals surface area contributed by atoms with Crippen LogP contribution in [0.25, 0.3) is 0 Å². The SMILES string of the molecule is CC(=O)N1CCC(CC(=O)N2CCOC(c3ccccc3)C2)(N2Cc3ccccc3C2=O)CC1. The molecule has 3 aliphatic heterocycles. The molecule has 0 aromatic heterocycles. The van der Waals surface area contributed by atoms with Gasteiger partial charge in [-0.05, 0) is 30.0 Å². The summed E-state index contributed by atoms with van der Waals surface area (Å²) in [5, 5.41) is 0. The quantitative estimate of drug-likeness (QED) is 0.702. The lowest BCUT2D eigenvalue weighted by molar-refractivity contribution is -0.143.